The minimum Gasteiger partial charge on any atom is -0.496 e. The summed E-state index contributed by atoms with van der Waals surface area (Å²) < 4.78 is 20.7. The summed E-state index contributed by atoms with van der Waals surface area (Å²) in [6, 6.07) is 8.71. The summed E-state index contributed by atoms with van der Waals surface area (Å²) in [5.41, 5.74) is 2.99. The van der Waals surface area contributed by atoms with Crippen molar-refractivity contribution in [3.8, 4) is 17.0 Å². The number of nitrogens with zero attached hydrogens (tertiary/aromatic N) is 4. The number of ether oxygens (including phenoxy) is 1. The van der Waals surface area contributed by atoms with Crippen LogP contribution in [-0.4, -0.2) is 65.8 Å². The molecule has 2 saturated heterocycles. The standard InChI is InChI=1S/C25H24FN5O3S/c1-3-30-6-8-31(9-7-30)20-5-4-15(11-18(20)26)23-17-10-16(12-22-24(32)29-25(33)35-22)21(34-2)13-19(17)27-14-28-23/h4-5,10-14H,3,6-9H2,1-2H3,(H,29,32,33). The van der Waals surface area contributed by atoms with Gasteiger partial charge in [0.15, 0.2) is 0 Å². The fourth-order valence-corrected chi connectivity index (χ4v) is 5.07. The van der Waals surface area contributed by atoms with Gasteiger partial charge in [-0.1, -0.05) is 13.0 Å². The maximum atomic E-state index is 15.2. The van der Waals surface area contributed by atoms with Crippen LogP contribution in [0.15, 0.2) is 41.6 Å². The molecule has 2 aliphatic rings. The number of fused-ring (bicyclic) bond motifs is 1. The summed E-state index contributed by atoms with van der Waals surface area (Å²) in [5, 5.41) is 2.51. The van der Waals surface area contributed by atoms with Crippen LogP contribution in [0.5, 0.6) is 5.75 Å². The number of hydrogen-bond donors (Lipinski definition) is 1. The number of anilines is 1. The zero-order valence-corrected chi connectivity index (χ0v) is 20.2. The Kier molecular flexibility index (Phi) is 6.40. The third kappa shape index (κ3) is 4.59. The molecular weight excluding hydrogens is 469 g/mol. The number of aromatic nitrogens is 2. The van der Waals surface area contributed by atoms with Crippen LogP contribution in [-0.2, 0) is 4.79 Å². The van der Waals surface area contributed by atoms with Crippen LogP contribution < -0.4 is 15.0 Å². The summed E-state index contributed by atoms with van der Waals surface area (Å²) in [7, 11) is 1.52. The van der Waals surface area contributed by atoms with E-state index >= 15 is 4.39 Å². The molecule has 0 spiro atoms. The van der Waals surface area contributed by atoms with Crippen LogP contribution >= 0.6 is 11.8 Å². The zero-order chi connectivity index (χ0) is 24.5. The van der Waals surface area contributed by atoms with Crippen molar-refractivity contribution in [3.05, 3.63) is 52.9 Å². The maximum Gasteiger partial charge on any atom is 0.290 e. The van der Waals surface area contributed by atoms with Crippen molar-refractivity contribution in [1.82, 2.24) is 20.2 Å². The van der Waals surface area contributed by atoms with E-state index in [4.69, 9.17) is 4.74 Å². The van der Waals surface area contributed by atoms with Gasteiger partial charge in [0.2, 0.25) is 0 Å². The Balaban J connectivity index is 1.53. The molecule has 3 aromatic rings. The van der Waals surface area contributed by atoms with Crippen molar-refractivity contribution in [3.63, 3.8) is 0 Å². The Labute approximate surface area is 206 Å². The first kappa shape index (κ1) is 23.3. The number of rotatable bonds is 5. The smallest absolute Gasteiger partial charge is 0.290 e. The van der Waals surface area contributed by atoms with Crippen molar-refractivity contribution < 1.29 is 18.7 Å². The average Bonchev–Trinajstić information content (AvgIpc) is 3.19. The zero-order valence-electron chi connectivity index (χ0n) is 19.4. The number of carbonyl (C=O) groups excluding carboxylic acids is 2. The van der Waals surface area contributed by atoms with Crippen LogP contribution in [0.25, 0.3) is 28.2 Å². The topological polar surface area (TPSA) is 87.7 Å². The molecule has 2 aromatic carbocycles. The number of halogens is 1. The fraction of sp³-hybridized carbons (Fsp3) is 0.280. The number of benzene rings is 2. The first-order valence-corrected chi connectivity index (χ1v) is 12.1. The van der Waals surface area contributed by atoms with Crippen molar-refractivity contribution in [2.24, 2.45) is 0 Å². The normalized spacial score (nSPS) is 17.9. The van der Waals surface area contributed by atoms with Crippen LogP contribution in [0.3, 0.4) is 0 Å². The highest BCUT2D eigenvalue weighted by Gasteiger charge is 2.26. The van der Waals surface area contributed by atoms with Gasteiger partial charge in [0, 0.05) is 48.8 Å². The molecular formula is C25H24FN5O3S. The lowest BCUT2D eigenvalue weighted by molar-refractivity contribution is -0.115. The minimum absolute atomic E-state index is 0.268. The molecule has 0 radical (unpaired) electrons. The van der Waals surface area contributed by atoms with Gasteiger partial charge in [-0.25, -0.2) is 14.4 Å². The monoisotopic (exact) mass is 493 g/mol. The highest BCUT2D eigenvalue weighted by Crippen LogP contribution is 2.35. The number of amides is 2. The lowest BCUT2D eigenvalue weighted by atomic mass is 10.0. The molecule has 10 heteroatoms. The first-order chi connectivity index (χ1) is 17.0. The molecule has 3 heterocycles. The van der Waals surface area contributed by atoms with E-state index in [0.29, 0.717) is 39.2 Å². The predicted octanol–water partition coefficient (Wildman–Crippen LogP) is 3.91. The second-order valence-electron chi connectivity index (χ2n) is 8.27. The summed E-state index contributed by atoms with van der Waals surface area (Å²) in [4.78, 5) is 37.1. The second kappa shape index (κ2) is 9.63. The van der Waals surface area contributed by atoms with Crippen molar-refractivity contribution in [2.75, 3.05) is 44.7 Å². The van der Waals surface area contributed by atoms with Crippen LogP contribution in [0.4, 0.5) is 14.9 Å². The lowest BCUT2D eigenvalue weighted by Crippen LogP contribution is -2.46. The molecule has 8 nitrogen and oxygen atoms in total. The molecule has 2 aliphatic heterocycles. The third-order valence-electron chi connectivity index (χ3n) is 6.30. The molecule has 0 bridgehead atoms. The van der Waals surface area contributed by atoms with Gasteiger partial charge >= 0.3 is 0 Å². The van der Waals surface area contributed by atoms with Crippen LogP contribution in [0.2, 0.25) is 0 Å². The van der Waals surface area contributed by atoms with E-state index in [1.54, 1.807) is 24.3 Å². The molecule has 1 N–H and O–H groups in total. The van der Waals surface area contributed by atoms with Gasteiger partial charge in [-0.2, -0.15) is 0 Å². The fourth-order valence-electron chi connectivity index (χ4n) is 4.40. The Morgan fingerprint density at radius 2 is 1.94 bits per heavy atom. The third-order valence-corrected chi connectivity index (χ3v) is 7.11. The largest absolute Gasteiger partial charge is 0.496 e. The van der Waals surface area contributed by atoms with E-state index in [-0.39, 0.29) is 10.7 Å². The van der Waals surface area contributed by atoms with Gasteiger partial charge in [0.05, 0.1) is 28.9 Å². The highest BCUT2D eigenvalue weighted by atomic mass is 32.2. The van der Waals surface area contributed by atoms with Crippen LogP contribution in [0, 0.1) is 5.82 Å². The Hall–Kier alpha value is -3.50. The van der Waals surface area contributed by atoms with Gasteiger partial charge in [-0.15, -0.1) is 0 Å². The quantitative estimate of drug-likeness (QED) is 0.536. The molecule has 0 atom stereocenters. The highest BCUT2D eigenvalue weighted by molar-refractivity contribution is 8.18. The number of nitrogens with one attached hydrogen (secondary N) is 1. The Morgan fingerprint density at radius 1 is 1.14 bits per heavy atom. The number of methoxy groups -OCH3 is 1. The van der Waals surface area contributed by atoms with E-state index in [1.165, 1.54) is 19.5 Å². The molecule has 180 valence electrons. The van der Waals surface area contributed by atoms with Crippen molar-refractivity contribution >= 4 is 45.6 Å². The SMILES string of the molecule is CCN1CCN(c2ccc(-c3ncnc4cc(OC)c(C=C5SC(=O)NC5=O)cc34)cc2F)CC1. The summed E-state index contributed by atoms with van der Waals surface area (Å²) >= 11 is 0.830. The molecule has 0 saturated carbocycles. The van der Waals surface area contributed by atoms with Crippen molar-refractivity contribution in [2.45, 2.75) is 6.92 Å². The van der Waals surface area contributed by atoms with Gasteiger partial charge < -0.3 is 14.5 Å². The molecule has 1 aromatic heterocycles. The van der Waals surface area contributed by atoms with Gasteiger partial charge in [0.1, 0.15) is 17.9 Å². The number of imide groups is 1. The van der Waals surface area contributed by atoms with E-state index in [0.717, 1.165) is 44.5 Å². The number of hydrogen-bond acceptors (Lipinski definition) is 8. The molecule has 2 fully saturated rings. The summed E-state index contributed by atoms with van der Waals surface area (Å²) in [5.74, 6) is -0.258. The van der Waals surface area contributed by atoms with Gasteiger partial charge in [-0.3, -0.25) is 14.9 Å². The van der Waals surface area contributed by atoms with E-state index in [1.807, 2.05) is 6.07 Å². The Bertz CT molecular complexity index is 1350. The number of carbonyl (C=O) groups is 2. The summed E-state index contributed by atoms with van der Waals surface area (Å²) in [6.07, 6.45) is 3.03. The van der Waals surface area contributed by atoms with Crippen LogP contribution in [0.1, 0.15) is 12.5 Å². The average molecular weight is 494 g/mol. The maximum absolute atomic E-state index is 15.2. The van der Waals surface area contributed by atoms with Crippen molar-refractivity contribution in [1.29, 1.82) is 0 Å². The van der Waals surface area contributed by atoms with E-state index in [9.17, 15) is 9.59 Å². The second-order valence-corrected chi connectivity index (χ2v) is 9.29. The van der Waals surface area contributed by atoms with Gasteiger partial charge in [-0.05, 0) is 42.6 Å². The minimum atomic E-state index is -0.455. The predicted molar refractivity (Wildman–Crippen MR) is 135 cm³/mol. The van der Waals surface area contributed by atoms with Gasteiger partial charge in [0.25, 0.3) is 11.1 Å². The molecule has 2 amide bonds. The molecule has 35 heavy (non-hydrogen) atoms. The molecule has 0 aliphatic carbocycles. The Morgan fingerprint density at radius 3 is 2.60 bits per heavy atom. The van der Waals surface area contributed by atoms with E-state index in [2.05, 4.69) is 32.0 Å². The lowest BCUT2D eigenvalue weighted by Gasteiger charge is -2.35. The number of likely N-dealkylation sites (N-methyl/N-ethyl adjacent to an activating group) is 1. The summed E-state index contributed by atoms with van der Waals surface area (Å²) in [6.45, 7) is 6.53. The molecule has 0 unspecified atom stereocenters. The number of piperazine rings is 1. The number of thioether (sulfide) groups is 1. The molecule has 5 rings (SSSR count). The first-order valence-electron chi connectivity index (χ1n) is 11.3. The van der Waals surface area contributed by atoms with E-state index < -0.39 is 11.1 Å².